The summed E-state index contributed by atoms with van der Waals surface area (Å²) in [5.74, 6) is 0. The zero-order chi connectivity index (χ0) is 9.80. The van der Waals surface area contributed by atoms with Gasteiger partial charge in [-0.05, 0) is 36.4 Å². The van der Waals surface area contributed by atoms with Gasteiger partial charge < -0.3 is 5.32 Å². The van der Waals surface area contributed by atoms with E-state index in [1.54, 1.807) is 0 Å². The molecule has 0 saturated carbocycles. The molecule has 3 nitrogen and oxygen atoms in total. The SMILES string of the molecule is CNc1ccc(Nn2cccc2)cc1. The van der Waals surface area contributed by atoms with Gasteiger partial charge in [0.2, 0.25) is 0 Å². The van der Waals surface area contributed by atoms with Crippen LogP contribution in [0.1, 0.15) is 0 Å². The molecule has 0 unspecified atom stereocenters. The van der Waals surface area contributed by atoms with Gasteiger partial charge in [0.25, 0.3) is 0 Å². The molecule has 0 amide bonds. The minimum atomic E-state index is 1.07. The van der Waals surface area contributed by atoms with Crippen LogP contribution in [0.2, 0.25) is 0 Å². The van der Waals surface area contributed by atoms with Gasteiger partial charge in [0.15, 0.2) is 0 Å². The predicted octanol–water partition coefficient (Wildman–Crippen LogP) is 2.41. The highest BCUT2D eigenvalue weighted by molar-refractivity contribution is 5.53. The van der Waals surface area contributed by atoms with Crippen LogP contribution in [0.3, 0.4) is 0 Å². The molecule has 2 aromatic rings. The summed E-state index contributed by atoms with van der Waals surface area (Å²) in [7, 11) is 1.91. The van der Waals surface area contributed by atoms with Crippen LogP contribution in [-0.2, 0) is 0 Å². The molecule has 0 fully saturated rings. The third-order valence-corrected chi connectivity index (χ3v) is 2.04. The van der Waals surface area contributed by atoms with Gasteiger partial charge in [-0.2, -0.15) is 0 Å². The highest BCUT2D eigenvalue weighted by Crippen LogP contribution is 2.12. The van der Waals surface area contributed by atoms with Crippen molar-refractivity contribution in [1.82, 2.24) is 4.68 Å². The number of nitrogens with one attached hydrogen (secondary N) is 2. The van der Waals surface area contributed by atoms with E-state index in [4.69, 9.17) is 0 Å². The fraction of sp³-hybridized carbons (Fsp3) is 0.0909. The van der Waals surface area contributed by atoms with Gasteiger partial charge in [-0.15, -0.1) is 0 Å². The molecule has 2 rings (SSSR count). The van der Waals surface area contributed by atoms with Gasteiger partial charge >= 0.3 is 0 Å². The average Bonchev–Trinajstić information content (AvgIpc) is 2.72. The largest absolute Gasteiger partial charge is 0.388 e. The fourth-order valence-electron chi connectivity index (χ4n) is 1.27. The maximum absolute atomic E-state index is 3.22. The van der Waals surface area contributed by atoms with Crippen molar-refractivity contribution < 1.29 is 0 Å². The third-order valence-electron chi connectivity index (χ3n) is 2.04. The quantitative estimate of drug-likeness (QED) is 0.772. The summed E-state index contributed by atoms with van der Waals surface area (Å²) in [5.41, 5.74) is 5.41. The lowest BCUT2D eigenvalue weighted by molar-refractivity contribution is 0.971. The van der Waals surface area contributed by atoms with E-state index >= 15 is 0 Å². The molecule has 2 N–H and O–H groups in total. The van der Waals surface area contributed by atoms with Crippen LogP contribution in [0.4, 0.5) is 11.4 Å². The number of anilines is 2. The standard InChI is InChI=1S/C11H13N3/c1-12-10-4-6-11(7-5-10)13-14-8-2-3-9-14/h2-9,12-13H,1H3. The molecule has 1 aromatic heterocycles. The Morgan fingerprint density at radius 3 is 2.07 bits per heavy atom. The molecule has 3 heteroatoms. The lowest BCUT2D eigenvalue weighted by Crippen LogP contribution is -2.05. The number of hydrogen-bond acceptors (Lipinski definition) is 2. The Morgan fingerprint density at radius 1 is 0.929 bits per heavy atom. The summed E-state index contributed by atoms with van der Waals surface area (Å²) in [5, 5.41) is 3.08. The average molecular weight is 187 g/mol. The van der Waals surface area contributed by atoms with Crippen molar-refractivity contribution in [1.29, 1.82) is 0 Å². The van der Waals surface area contributed by atoms with Crippen LogP contribution < -0.4 is 10.7 Å². The number of aromatic nitrogens is 1. The van der Waals surface area contributed by atoms with Crippen molar-refractivity contribution in [3.63, 3.8) is 0 Å². The monoisotopic (exact) mass is 187 g/mol. The maximum Gasteiger partial charge on any atom is 0.0547 e. The normalized spacial score (nSPS) is 9.79. The van der Waals surface area contributed by atoms with Gasteiger partial charge in [0.05, 0.1) is 5.69 Å². The first-order valence-electron chi connectivity index (χ1n) is 4.56. The van der Waals surface area contributed by atoms with Crippen LogP contribution in [0, 0.1) is 0 Å². The van der Waals surface area contributed by atoms with E-state index in [0.717, 1.165) is 11.4 Å². The van der Waals surface area contributed by atoms with Crippen molar-refractivity contribution in [2.24, 2.45) is 0 Å². The second kappa shape index (κ2) is 3.87. The van der Waals surface area contributed by atoms with E-state index in [1.807, 2.05) is 60.5 Å². The molecule has 0 atom stereocenters. The van der Waals surface area contributed by atoms with E-state index in [0.29, 0.717) is 0 Å². The summed E-state index contributed by atoms with van der Waals surface area (Å²) in [4.78, 5) is 0. The molecule has 0 aliphatic heterocycles. The van der Waals surface area contributed by atoms with E-state index in [2.05, 4.69) is 10.7 Å². The zero-order valence-corrected chi connectivity index (χ0v) is 8.07. The van der Waals surface area contributed by atoms with Gasteiger partial charge in [0.1, 0.15) is 0 Å². The predicted molar refractivity (Wildman–Crippen MR) is 59.4 cm³/mol. The lowest BCUT2D eigenvalue weighted by atomic mass is 10.3. The van der Waals surface area contributed by atoms with E-state index in [1.165, 1.54) is 0 Å². The molecule has 72 valence electrons. The smallest absolute Gasteiger partial charge is 0.0547 e. The van der Waals surface area contributed by atoms with E-state index < -0.39 is 0 Å². The van der Waals surface area contributed by atoms with E-state index in [9.17, 15) is 0 Å². The van der Waals surface area contributed by atoms with Crippen LogP contribution in [0.15, 0.2) is 48.8 Å². The lowest BCUT2D eigenvalue weighted by Gasteiger charge is -2.07. The van der Waals surface area contributed by atoms with Crippen molar-refractivity contribution in [2.45, 2.75) is 0 Å². The maximum atomic E-state index is 3.22. The molecule has 0 saturated heterocycles. The Labute approximate surface area is 83.3 Å². The van der Waals surface area contributed by atoms with Crippen LogP contribution in [0.25, 0.3) is 0 Å². The summed E-state index contributed by atoms with van der Waals surface area (Å²) >= 11 is 0. The second-order valence-electron chi connectivity index (χ2n) is 3.03. The van der Waals surface area contributed by atoms with Crippen molar-refractivity contribution in [2.75, 3.05) is 17.8 Å². The molecule has 1 heterocycles. The van der Waals surface area contributed by atoms with Crippen molar-refractivity contribution in [3.05, 3.63) is 48.8 Å². The first kappa shape index (κ1) is 8.69. The highest BCUT2D eigenvalue weighted by atomic mass is 15.4. The Hall–Kier alpha value is -1.90. The Bertz CT molecular complexity index is 375. The molecule has 0 aliphatic carbocycles. The van der Waals surface area contributed by atoms with Crippen LogP contribution in [-0.4, -0.2) is 11.7 Å². The molecule has 0 radical (unpaired) electrons. The molecule has 0 spiro atoms. The van der Waals surface area contributed by atoms with Crippen LogP contribution in [0.5, 0.6) is 0 Å². The Morgan fingerprint density at radius 2 is 1.50 bits per heavy atom. The molecule has 0 bridgehead atoms. The number of hydrogen-bond donors (Lipinski definition) is 2. The first-order valence-corrected chi connectivity index (χ1v) is 4.56. The number of benzene rings is 1. The van der Waals surface area contributed by atoms with Gasteiger partial charge in [-0.1, -0.05) is 0 Å². The number of rotatable bonds is 3. The minimum absolute atomic E-state index is 1.07. The molecule has 14 heavy (non-hydrogen) atoms. The van der Waals surface area contributed by atoms with Crippen molar-refractivity contribution in [3.8, 4) is 0 Å². The fourth-order valence-corrected chi connectivity index (χ4v) is 1.27. The zero-order valence-electron chi connectivity index (χ0n) is 8.07. The topological polar surface area (TPSA) is 29.0 Å². The molecular formula is C11H13N3. The highest BCUT2D eigenvalue weighted by Gasteiger charge is 1.91. The summed E-state index contributed by atoms with van der Waals surface area (Å²) in [6.45, 7) is 0. The van der Waals surface area contributed by atoms with E-state index in [-0.39, 0.29) is 0 Å². The third kappa shape index (κ3) is 1.88. The summed E-state index contributed by atoms with van der Waals surface area (Å²) in [6.07, 6.45) is 3.93. The Balaban J connectivity index is 2.10. The number of nitrogens with zero attached hydrogens (tertiary/aromatic N) is 1. The first-order chi connectivity index (χ1) is 6.88. The van der Waals surface area contributed by atoms with Crippen LogP contribution >= 0.6 is 0 Å². The minimum Gasteiger partial charge on any atom is -0.388 e. The van der Waals surface area contributed by atoms with Gasteiger partial charge in [-0.25, -0.2) is 0 Å². The Kier molecular flexibility index (Phi) is 2.40. The molecule has 0 aliphatic rings. The molecular weight excluding hydrogens is 174 g/mol. The second-order valence-corrected chi connectivity index (χ2v) is 3.03. The summed E-state index contributed by atoms with van der Waals surface area (Å²) < 4.78 is 1.91. The molecule has 1 aromatic carbocycles. The summed E-state index contributed by atoms with van der Waals surface area (Å²) in [6, 6.07) is 12.1. The van der Waals surface area contributed by atoms with Gasteiger partial charge in [-0.3, -0.25) is 10.1 Å². The van der Waals surface area contributed by atoms with Gasteiger partial charge in [0, 0.05) is 25.1 Å². The van der Waals surface area contributed by atoms with Crippen molar-refractivity contribution >= 4 is 11.4 Å².